The van der Waals surface area contributed by atoms with Gasteiger partial charge in [-0.05, 0) is 50.5 Å². The highest BCUT2D eigenvalue weighted by atomic mass is 16.5. The van der Waals surface area contributed by atoms with Gasteiger partial charge in [0.1, 0.15) is 0 Å². The molecule has 0 aromatic rings. The van der Waals surface area contributed by atoms with Crippen LogP contribution in [0, 0.1) is 5.41 Å². The standard InChI is InChI=1S/C15H28N2O2/c1-3-9-16-13-5-4-10-17(14(13)18)12-15(6-7-15)8-11-19-2/h13,16H,3-12H2,1-2H3. The Morgan fingerprint density at radius 3 is 2.89 bits per heavy atom. The Hall–Kier alpha value is -0.610. The second kappa shape index (κ2) is 6.71. The van der Waals surface area contributed by atoms with Crippen molar-refractivity contribution >= 4 is 5.91 Å². The van der Waals surface area contributed by atoms with Crippen LogP contribution in [0.15, 0.2) is 0 Å². The average Bonchev–Trinajstić information content (AvgIpc) is 3.18. The maximum atomic E-state index is 12.4. The molecular weight excluding hydrogens is 240 g/mol. The Kier molecular flexibility index (Phi) is 5.22. The van der Waals surface area contributed by atoms with Crippen LogP contribution in [-0.4, -0.2) is 50.2 Å². The Labute approximate surface area is 116 Å². The van der Waals surface area contributed by atoms with Crippen molar-refractivity contribution in [3.8, 4) is 0 Å². The fourth-order valence-electron chi connectivity index (χ4n) is 2.99. The summed E-state index contributed by atoms with van der Waals surface area (Å²) in [6.45, 7) is 5.79. The van der Waals surface area contributed by atoms with Gasteiger partial charge >= 0.3 is 0 Å². The number of nitrogens with one attached hydrogen (secondary N) is 1. The summed E-state index contributed by atoms with van der Waals surface area (Å²) in [5.41, 5.74) is 0.373. The zero-order valence-electron chi connectivity index (χ0n) is 12.4. The van der Waals surface area contributed by atoms with E-state index in [0.717, 1.165) is 51.9 Å². The molecule has 1 unspecified atom stereocenters. The van der Waals surface area contributed by atoms with Crippen LogP contribution in [0.25, 0.3) is 0 Å². The van der Waals surface area contributed by atoms with E-state index in [1.54, 1.807) is 7.11 Å². The first-order chi connectivity index (χ1) is 9.21. The molecule has 1 heterocycles. The van der Waals surface area contributed by atoms with E-state index in [9.17, 15) is 4.79 Å². The fourth-order valence-corrected chi connectivity index (χ4v) is 2.99. The van der Waals surface area contributed by atoms with Crippen molar-refractivity contribution in [3.05, 3.63) is 0 Å². The lowest BCUT2D eigenvalue weighted by molar-refractivity contribution is -0.137. The quantitative estimate of drug-likeness (QED) is 0.730. The van der Waals surface area contributed by atoms with Gasteiger partial charge in [0.05, 0.1) is 6.04 Å². The van der Waals surface area contributed by atoms with Gasteiger partial charge in [-0.15, -0.1) is 0 Å². The topological polar surface area (TPSA) is 41.6 Å². The van der Waals surface area contributed by atoms with E-state index < -0.39 is 0 Å². The van der Waals surface area contributed by atoms with Gasteiger partial charge in [0.15, 0.2) is 0 Å². The number of likely N-dealkylation sites (tertiary alicyclic amines) is 1. The predicted molar refractivity (Wildman–Crippen MR) is 76.1 cm³/mol. The molecule has 0 aromatic carbocycles. The van der Waals surface area contributed by atoms with Gasteiger partial charge in [0.25, 0.3) is 0 Å². The SMILES string of the molecule is CCCNC1CCCN(CC2(CCOC)CC2)C1=O. The van der Waals surface area contributed by atoms with E-state index >= 15 is 0 Å². The van der Waals surface area contributed by atoms with Crippen LogP contribution >= 0.6 is 0 Å². The molecule has 19 heavy (non-hydrogen) atoms. The summed E-state index contributed by atoms with van der Waals surface area (Å²) < 4.78 is 5.19. The number of hydrogen-bond donors (Lipinski definition) is 1. The number of piperidine rings is 1. The predicted octanol–water partition coefficient (Wildman–Crippen LogP) is 1.79. The Balaban J connectivity index is 1.84. The van der Waals surface area contributed by atoms with Crippen LogP contribution in [0.4, 0.5) is 0 Å². The lowest BCUT2D eigenvalue weighted by Gasteiger charge is -2.35. The number of carbonyl (C=O) groups is 1. The summed E-state index contributed by atoms with van der Waals surface area (Å²) in [6, 6.07) is 0.0620. The molecular formula is C15H28N2O2. The van der Waals surface area contributed by atoms with Crippen LogP contribution in [-0.2, 0) is 9.53 Å². The number of amides is 1. The van der Waals surface area contributed by atoms with Crippen LogP contribution in [0.1, 0.15) is 45.4 Å². The van der Waals surface area contributed by atoms with E-state index in [1.807, 2.05) is 0 Å². The van der Waals surface area contributed by atoms with Gasteiger partial charge in [-0.25, -0.2) is 0 Å². The minimum Gasteiger partial charge on any atom is -0.385 e. The molecule has 1 aliphatic heterocycles. The van der Waals surface area contributed by atoms with E-state index in [-0.39, 0.29) is 6.04 Å². The maximum Gasteiger partial charge on any atom is 0.239 e. The molecule has 110 valence electrons. The Morgan fingerprint density at radius 2 is 2.26 bits per heavy atom. The van der Waals surface area contributed by atoms with Crippen molar-refractivity contribution in [1.82, 2.24) is 10.2 Å². The maximum absolute atomic E-state index is 12.4. The van der Waals surface area contributed by atoms with Crippen molar-refractivity contribution in [2.75, 3.05) is 33.4 Å². The van der Waals surface area contributed by atoms with Gasteiger partial charge in [-0.3, -0.25) is 4.79 Å². The molecule has 0 radical (unpaired) electrons. The number of methoxy groups -OCH3 is 1. The molecule has 0 bridgehead atoms. The first-order valence-electron chi connectivity index (χ1n) is 7.72. The third-order valence-electron chi connectivity index (χ3n) is 4.49. The first kappa shape index (κ1) is 14.8. The normalized spacial score (nSPS) is 25.7. The summed E-state index contributed by atoms with van der Waals surface area (Å²) in [6.07, 6.45) is 6.83. The van der Waals surface area contributed by atoms with E-state index in [4.69, 9.17) is 4.74 Å². The molecule has 1 aliphatic carbocycles. The second-order valence-electron chi connectivity index (χ2n) is 6.15. The van der Waals surface area contributed by atoms with Crippen molar-refractivity contribution in [1.29, 1.82) is 0 Å². The number of nitrogens with zero attached hydrogens (tertiary/aromatic N) is 1. The van der Waals surface area contributed by atoms with Gasteiger partial charge in [0, 0.05) is 26.8 Å². The monoisotopic (exact) mass is 268 g/mol. The molecule has 2 rings (SSSR count). The summed E-state index contributed by atoms with van der Waals surface area (Å²) in [5, 5.41) is 3.38. The lowest BCUT2D eigenvalue weighted by atomic mass is 9.98. The van der Waals surface area contributed by atoms with E-state index in [2.05, 4.69) is 17.1 Å². The average molecular weight is 268 g/mol. The largest absolute Gasteiger partial charge is 0.385 e. The van der Waals surface area contributed by atoms with Crippen molar-refractivity contribution in [3.63, 3.8) is 0 Å². The number of rotatable bonds is 8. The molecule has 4 heteroatoms. The minimum absolute atomic E-state index is 0.0620. The summed E-state index contributed by atoms with van der Waals surface area (Å²) in [4.78, 5) is 14.5. The Bertz CT molecular complexity index is 303. The van der Waals surface area contributed by atoms with Crippen LogP contribution in [0.3, 0.4) is 0 Å². The zero-order valence-corrected chi connectivity index (χ0v) is 12.4. The van der Waals surface area contributed by atoms with Gasteiger partial charge in [0.2, 0.25) is 5.91 Å². The van der Waals surface area contributed by atoms with Crippen LogP contribution in [0.2, 0.25) is 0 Å². The number of carbonyl (C=O) groups excluding carboxylic acids is 1. The lowest BCUT2D eigenvalue weighted by Crippen LogP contribution is -2.52. The molecule has 1 atom stereocenters. The van der Waals surface area contributed by atoms with Crippen molar-refractivity contribution in [2.45, 2.75) is 51.5 Å². The van der Waals surface area contributed by atoms with Crippen LogP contribution in [0.5, 0.6) is 0 Å². The van der Waals surface area contributed by atoms with Gasteiger partial charge in [-0.1, -0.05) is 6.92 Å². The number of hydrogen-bond acceptors (Lipinski definition) is 3. The molecule has 0 spiro atoms. The molecule has 1 saturated carbocycles. The van der Waals surface area contributed by atoms with E-state index in [1.165, 1.54) is 12.8 Å². The third-order valence-corrected chi connectivity index (χ3v) is 4.49. The fraction of sp³-hybridized carbons (Fsp3) is 0.933. The molecule has 1 N–H and O–H groups in total. The highest BCUT2D eigenvalue weighted by Gasteiger charge is 2.45. The van der Waals surface area contributed by atoms with Gasteiger partial charge < -0.3 is 15.0 Å². The van der Waals surface area contributed by atoms with Gasteiger partial charge in [-0.2, -0.15) is 0 Å². The first-order valence-corrected chi connectivity index (χ1v) is 7.72. The smallest absolute Gasteiger partial charge is 0.239 e. The van der Waals surface area contributed by atoms with Crippen LogP contribution < -0.4 is 5.32 Å². The zero-order chi connectivity index (χ0) is 13.7. The molecule has 0 aromatic heterocycles. The van der Waals surface area contributed by atoms with E-state index in [0.29, 0.717) is 11.3 Å². The summed E-state index contributed by atoms with van der Waals surface area (Å²) in [5.74, 6) is 0.323. The number of ether oxygens (including phenoxy) is 1. The highest BCUT2D eigenvalue weighted by Crippen LogP contribution is 2.49. The summed E-state index contributed by atoms with van der Waals surface area (Å²) >= 11 is 0. The second-order valence-corrected chi connectivity index (χ2v) is 6.15. The molecule has 1 saturated heterocycles. The molecule has 4 nitrogen and oxygen atoms in total. The Morgan fingerprint density at radius 1 is 1.47 bits per heavy atom. The van der Waals surface area contributed by atoms with Crippen molar-refractivity contribution < 1.29 is 9.53 Å². The third kappa shape index (κ3) is 3.93. The molecule has 2 aliphatic rings. The minimum atomic E-state index is 0.0620. The molecule has 2 fully saturated rings. The summed E-state index contributed by atoms with van der Waals surface area (Å²) in [7, 11) is 1.76. The van der Waals surface area contributed by atoms with Crippen molar-refractivity contribution in [2.24, 2.45) is 5.41 Å². The molecule has 1 amide bonds. The highest BCUT2D eigenvalue weighted by molar-refractivity contribution is 5.82.